The Hall–Kier alpha value is -2.08. The van der Waals surface area contributed by atoms with Gasteiger partial charge in [-0.15, -0.1) is 0 Å². The van der Waals surface area contributed by atoms with Gasteiger partial charge in [-0.2, -0.15) is 0 Å². The second-order valence-electron chi connectivity index (χ2n) is 6.52. The molecule has 25 heavy (non-hydrogen) atoms. The number of ether oxygens (including phenoxy) is 2. The molecule has 0 spiro atoms. The summed E-state index contributed by atoms with van der Waals surface area (Å²) in [6.07, 6.45) is 1.48. The highest BCUT2D eigenvalue weighted by molar-refractivity contribution is 5.97. The summed E-state index contributed by atoms with van der Waals surface area (Å²) in [5.41, 5.74) is 0.793. The first-order chi connectivity index (χ1) is 12.2. The molecule has 1 fully saturated rings. The molecular formula is C19H26N2O4. The van der Waals surface area contributed by atoms with Gasteiger partial charge in [0.25, 0.3) is 0 Å². The van der Waals surface area contributed by atoms with Crippen molar-refractivity contribution in [2.24, 2.45) is 5.92 Å². The lowest BCUT2D eigenvalue weighted by molar-refractivity contribution is -0.133. The normalized spacial score (nSPS) is 19.2. The van der Waals surface area contributed by atoms with Crippen molar-refractivity contribution in [1.29, 1.82) is 0 Å². The van der Waals surface area contributed by atoms with Crippen LogP contribution in [0.4, 0.5) is 5.69 Å². The zero-order valence-electron chi connectivity index (χ0n) is 14.8. The van der Waals surface area contributed by atoms with E-state index < -0.39 is 0 Å². The summed E-state index contributed by atoms with van der Waals surface area (Å²) in [4.78, 5) is 28.7. The van der Waals surface area contributed by atoms with Crippen LogP contribution in [0.2, 0.25) is 0 Å². The molecule has 2 heterocycles. The van der Waals surface area contributed by atoms with E-state index in [2.05, 4.69) is 0 Å². The maximum Gasteiger partial charge on any atom is 0.227 e. The van der Waals surface area contributed by atoms with Crippen molar-refractivity contribution in [2.45, 2.75) is 26.2 Å². The summed E-state index contributed by atoms with van der Waals surface area (Å²) >= 11 is 0. The Balaban J connectivity index is 1.54. The number of nitrogens with zero attached hydrogens (tertiary/aromatic N) is 2. The van der Waals surface area contributed by atoms with Gasteiger partial charge in [0.15, 0.2) is 0 Å². The van der Waals surface area contributed by atoms with Gasteiger partial charge in [-0.05, 0) is 25.5 Å². The number of benzene rings is 1. The number of anilines is 1. The molecule has 1 aromatic rings. The van der Waals surface area contributed by atoms with Gasteiger partial charge in [0.05, 0.1) is 18.8 Å². The lowest BCUT2D eigenvalue weighted by Gasteiger charge is -2.30. The van der Waals surface area contributed by atoms with Crippen molar-refractivity contribution >= 4 is 17.5 Å². The summed E-state index contributed by atoms with van der Waals surface area (Å²) in [6.45, 7) is 5.90. The van der Waals surface area contributed by atoms with Gasteiger partial charge in [0.1, 0.15) is 12.4 Å². The van der Waals surface area contributed by atoms with E-state index in [0.717, 1.165) is 37.6 Å². The lowest BCUT2D eigenvalue weighted by Crippen LogP contribution is -2.39. The average Bonchev–Trinajstić information content (AvgIpc) is 3.16. The zero-order chi connectivity index (χ0) is 17.6. The third-order valence-electron chi connectivity index (χ3n) is 4.82. The average molecular weight is 346 g/mol. The molecule has 0 aromatic heterocycles. The summed E-state index contributed by atoms with van der Waals surface area (Å²) in [6, 6.07) is 7.53. The first-order valence-electron chi connectivity index (χ1n) is 9.06. The number of carbonyl (C=O) groups is 2. The van der Waals surface area contributed by atoms with E-state index in [1.807, 2.05) is 36.1 Å². The van der Waals surface area contributed by atoms with Gasteiger partial charge in [-0.1, -0.05) is 12.1 Å². The third-order valence-corrected chi connectivity index (χ3v) is 4.82. The van der Waals surface area contributed by atoms with E-state index in [1.54, 1.807) is 4.90 Å². The maximum absolute atomic E-state index is 12.6. The van der Waals surface area contributed by atoms with Crippen LogP contribution in [-0.2, 0) is 14.3 Å². The van der Waals surface area contributed by atoms with Crippen LogP contribution in [0.5, 0.6) is 5.75 Å². The molecule has 0 radical (unpaired) electrons. The maximum atomic E-state index is 12.6. The van der Waals surface area contributed by atoms with Crippen LogP contribution in [0.3, 0.4) is 0 Å². The van der Waals surface area contributed by atoms with Crippen LogP contribution in [0.1, 0.15) is 26.2 Å². The summed E-state index contributed by atoms with van der Waals surface area (Å²) < 4.78 is 11.0. The predicted molar refractivity (Wildman–Crippen MR) is 94.7 cm³/mol. The van der Waals surface area contributed by atoms with Crippen LogP contribution < -0.4 is 9.64 Å². The molecule has 136 valence electrons. The number of hydrogen-bond donors (Lipinski definition) is 0. The molecule has 1 saturated heterocycles. The van der Waals surface area contributed by atoms with Crippen LogP contribution in [-0.4, -0.2) is 56.2 Å². The second kappa shape index (κ2) is 8.34. The van der Waals surface area contributed by atoms with E-state index in [4.69, 9.17) is 9.47 Å². The van der Waals surface area contributed by atoms with Gasteiger partial charge in [-0.25, -0.2) is 0 Å². The number of hydrogen-bond acceptors (Lipinski definition) is 4. The summed E-state index contributed by atoms with van der Waals surface area (Å²) in [5.74, 6) is 1.17. The Morgan fingerprint density at radius 3 is 2.84 bits per heavy atom. The molecule has 6 nitrogen and oxygen atoms in total. The lowest BCUT2D eigenvalue weighted by atomic mass is 10.1. The number of fused-ring (bicyclic) bond motifs is 1. The number of amides is 2. The fourth-order valence-electron chi connectivity index (χ4n) is 3.38. The molecular weight excluding hydrogens is 320 g/mol. The minimum absolute atomic E-state index is 0.0237. The molecule has 0 saturated carbocycles. The van der Waals surface area contributed by atoms with Crippen molar-refractivity contribution in [3.63, 3.8) is 0 Å². The zero-order valence-corrected chi connectivity index (χ0v) is 14.8. The molecule has 0 bridgehead atoms. The first-order valence-corrected chi connectivity index (χ1v) is 9.06. The quantitative estimate of drug-likeness (QED) is 0.791. The topological polar surface area (TPSA) is 59.1 Å². The molecule has 0 N–H and O–H groups in total. The van der Waals surface area contributed by atoms with E-state index in [1.165, 1.54) is 0 Å². The molecule has 3 rings (SSSR count). The standard InChI is InChI=1S/C19H26N2O4/c1-2-20(13-15-9-11-24-14-15)18(22)7-8-19(23)21-10-12-25-17-6-4-3-5-16(17)21/h3-6,15H,2,7-14H2,1H3/t15-/m1/s1. The second-order valence-corrected chi connectivity index (χ2v) is 6.52. The SMILES string of the molecule is CCN(C[C@H]1CCOC1)C(=O)CCC(=O)N1CCOc2ccccc21. The largest absolute Gasteiger partial charge is 0.490 e. The molecule has 6 heteroatoms. The Labute approximate surface area is 148 Å². The van der Waals surface area contributed by atoms with Gasteiger partial charge >= 0.3 is 0 Å². The molecule has 1 aromatic carbocycles. The minimum Gasteiger partial charge on any atom is -0.490 e. The number of carbonyl (C=O) groups excluding carboxylic acids is 2. The highest BCUT2D eigenvalue weighted by Crippen LogP contribution is 2.31. The van der Waals surface area contributed by atoms with Crippen molar-refractivity contribution in [3.05, 3.63) is 24.3 Å². The van der Waals surface area contributed by atoms with Gasteiger partial charge in [-0.3, -0.25) is 9.59 Å². The number of rotatable bonds is 6. The molecule has 2 amide bonds. The molecule has 1 atom stereocenters. The van der Waals surface area contributed by atoms with Gasteiger partial charge in [0.2, 0.25) is 11.8 Å². The molecule has 0 unspecified atom stereocenters. The fourth-order valence-corrected chi connectivity index (χ4v) is 3.38. The Morgan fingerprint density at radius 1 is 1.24 bits per heavy atom. The Morgan fingerprint density at radius 2 is 2.08 bits per heavy atom. The Kier molecular flexibility index (Phi) is 5.91. The summed E-state index contributed by atoms with van der Waals surface area (Å²) in [7, 11) is 0. The highest BCUT2D eigenvalue weighted by atomic mass is 16.5. The van der Waals surface area contributed by atoms with Crippen LogP contribution in [0.15, 0.2) is 24.3 Å². The monoisotopic (exact) mass is 346 g/mol. The number of para-hydroxylation sites is 2. The van der Waals surface area contributed by atoms with Crippen molar-refractivity contribution in [2.75, 3.05) is 44.4 Å². The summed E-state index contributed by atoms with van der Waals surface area (Å²) in [5, 5.41) is 0. The van der Waals surface area contributed by atoms with E-state index >= 15 is 0 Å². The van der Waals surface area contributed by atoms with Crippen LogP contribution in [0, 0.1) is 5.92 Å². The van der Waals surface area contributed by atoms with Crippen LogP contribution >= 0.6 is 0 Å². The predicted octanol–water partition coefficient (Wildman–Crippen LogP) is 2.08. The third kappa shape index (κ3) is 4.31. The van der Waals surface area contributed by atoms with E-state index in [0.29, 0.717) is 25.6 Å². The van der Waals surface area contributed by atoms with Crippen molar-refractivity contribution < 1.29 is 19.1 Å². The van der Waals surface area contributed by atoms with E-state index in [9.17, 15) is 9.59 Å². The van der Waals surface area contributed by atoms with Crippen molar-refractivity contribution in [3.8, 4) is 5.75 Å². The van der Waals surface area contributed by atoms with Gasteiger partial charge in [0, 0.05) is 38.5 Å². The van der Waals surface area contributed by atoms with Gasteiger partial charge < -0.3 is 19.3 Å². The molecule has 2 aliphatic rings. The highest BCUT2D eigenvalue weighted by Gasteiger charge is 2.25. The smallest absolute Gasteiger partial charge is 0.227 e. The molecule has 0 aliphatic carbocycles. The molecule has 2 aliphatic heterocycles. The fraction of sp³-hybridized carbons (Fsp3) is 0.579. The minimum atomic E-state index is -0.0237. The van der Waals surface area contributed by atoms with Crippen LogP contribution in [0.25, 0.3) is 0 Å². The Bertz CT molecular complexity index is 613. The first kappa shape index (κ1) is 17.7. The van der Waals surface area contributed by atoms with E-state index in [-0.39, 0.29) is 24.7 Å². The van der Waals surface area contributed by atoms with Crippen molar-refractivity contribution in [1.82, 2.24) is 4.90 Å².